The number of carboxylic acids is 1. The van der Waals surface area contributed by atoms with Crippen molar-refractivity contribution >= 4 is 5.97 Å². The van der Waals surface area contributed by atoms with Crippen LogP contribution in [0, 0.1) is 5.92 Å². The molecule has 2 N–H and O–H groups in total. The molecule has 1 atom stereocenters. The molecule has 1 fully saturated rings. The van der Waals surface area contributed by atoms with E-state index in [0.717, 1.165) is 12.8 Å². The van der Waals surface area contributed by atoms with Crippen molar-refractivity contribution in [3.05, 3.63) is 12.3 Å². The highest BCUT2D eigenvalue weighted by atomic mass is 16.4. The maximum atomic E-state index is 10.9. The largest absolute Gasteiger partial charge is 0.481 e. The van der Waals surface area contributed by atoms with E-state index in [1.165, 1.54) is 0 Å². The molecule has 94 valence electrons. The number of rotatable bonds is 5. The molecule has 8 nitrogen and oxygen atoms in total. The molecular weight excluding hydrogens is 236 g/mol. The molecule has 18 heavy (non-hydrogen) atoms. The van der Waals surface area contributed by atoms with E-state index in [1.807, 2.05) is 0 Å². The first kappa shape index (κ1) is 10.9. The van der Waals surface area contributed by atoms with E-state index in [2.05, 4.69) is 25.7 Å². The fraction of sp³-hybridized carbons (Fsp3) is 0.500. The van der Waals surface area contributed by atoms with Gasteiger partial charge >= 0.3 is 5.97 Å². The monoisotopic (exact) mass is 248 g/mol. The second-order valence-corrected chi connectivity index (χ2v) is 4.42. The summed E-state index contributed by atoms with van der Waals surface area (Å²) in [5, 5.41) is 27.1. The first-order valence-corrected chi connectivity index (χ1v) is 5.75. The molecule has 0 spiro atoms. The van der Waals surface area contributed by atoms with E-state index in [4.69, 9.17) is 5.11 Å². The summed E-state index contributed by atoms with van der Waals surface area (Å²) in [6.07, 6.45) is 3.70. The number of nitrogens with one attached hydrogen (secondary N) is 1. The van der Waals surface area contributed by atoms with Crippen LogP contribution < -0.4 is 0 Å². The molecule has 0 saturated heterocycles. The Morgan fingerprint density at radius 3 is 3.06 bits per heavy atom. The van der Waals surface area contributed by atoms with Gasteiger partial charge in [-0.2, -0.15) is 5.10 Å². The van der Waals surface area contributed by atoms with Gasteiger partial charge in [0.05, 0.1) is 12.5 Å². The lowest BCUT2D eigenvalue weighted by Crippen LogP contribution is -2.18. The zero-order valence-electron chi connectivity index (χ0n) is 9.52. The van der Waals surface area contributed by atoms with Crippen LogP contribution in [-0.4, -0.2) is 41.5 Å². The van der Waals surface area contributed by atoms with Crippen LogP contribution in [0.15, 0.2) is 12.3 Å². The zero-order chi connectivity index (χ0) is 12.5. The van der Waals surface area contributed by atoms with Crippen LogP contribution in [0.4, 0.5) is 0 Å². The van der Waals surface area contributed by atoms with Crippen molar-refractivity contribution in [2.45, 2.75) is 25.3 Å². The predicted octanol–water partition coefficient (Wildman–Crippen LogP) is 0.489. The van der Waals surface area contributed by atoms with Gasteiger partial charge in [0.15, 0.2) is 5.82 Å². The fourth-order valence-electron chi connectivity index (χ4n) is 2.09. The summed E-state index contributed by atoms with van der Waals surface area (Å²) in [5.74, 6) is 0.0508. The SMILES string of the molecule is O=C(O)CC(C1CC1)n1nnnc1-c1ccn[nH]1. The number of nitrogens with zero attached hydrogens (tertiary/aromatic N) is 5. The van der Waals surface area contributed by atoms with E-state index in [-0.39, 0.29) is 12.5 Å². The van der Waals surface area contributed by atoms with Crippen molar-refractivity contribution in [1.29, 1.82) is 0 Å². The molecule has 0 aromatic carbocycles. The molecule has 1 aliphatic rings. The molecule has 1 saturated carbocycles. The molecular formula is C10H12N6O2. The number of hydrogen-bond acceptors (Lipinski definition) is 5. The maximum absolute atomic E-state index is 10.9. The van der Waals surface area contributed by atoms with Gasteiger partial charge in [-0.15, -0.1) is 5.10 Å². The molecule has 2 aromatic rings. The van der Waals surface area contributed by atoms with Crippen LogP contribution in [0.1, 0.15) is 25.3 Å². The van der Waals surface area contributed by atoms with Gasteiger partial charge in [0.2, 0.25) is 0 Å². The Morgan fingerprint density at radius 1 is 1.61 bits per heavy atom. The highest BCUT2D eigenvalue weighted by Crippen LogP contribution is 2.42. The Bertz CT molecular complexity index is 544. The summed E-state index contributed by atoms with van der Waals surface area (Å²) in [6, 6.07) is 1.57. The third-order valence-electron chi connectivity index (χ3n) is 3.10. The summed E-state index contributed by atoms with van der Waals surface area (Å²) in [4.78, 5) is 10.9. The molecule has 1 unspecified atom stereocenters. The van der Waals surface area contributed by atoms with E-state index in [0.29, 0.717) is 17.4 Å². The van der Waals surface area contributed by atoms with E-state index in [9.17, 15) is 4.79 Å². The van der Waals surface area contributed by atoms with Crippen LogP contribution in [-0.2, 0) is 4.79 Å². The lowest BCUT2D eigenvalue weighted by Gasteiger charge is -2.14. The minimum Gasteiger partial charge on any atom is -0.481 e. The third kappa shape index (κ3) is 1.96. The van der Waals surface area contributed by atoms with Crippen molar-refractivity contribution in [2.75, 3.05) is 0 Å². The maximum Gasteiger partial charge on any atom is 0.305 e. The van der Waals surface area contributed by atoms with Crippen molar-refractivity contribution in [1.82, 2.24) is 30.4 Å². The lowest BCUT2D eigenvalue weighted by atomic mass is 10.1. The minimum atomic E-state index is -0.835. The number of aromatic amines is 1. The fourth-order valence-corrected chi connectivity index (χ4v) is 2.09. The number of carbonyl (C=O) groups is 1. The number of tetrazole rings is 1. The number of aromatic nitrogens is 6. The van der Waals surface area contributed by atoms with Gasteiger partial charge in [0, 0.05) is 6.20 Å². The molecule has 0 amide bonds. The van der Waals surface area contributed by atoms with Crippen molar-refractivity contribution < 1.29 is 9.90 Å². The average molecular weight is 248 g/mol. The summed E-state index contributed by atoms with van der Waals surface area (Å²) < 4.78 is 1.60. The second-order valence-electron chi connectivity index (χ2n) is 4.42. The van der Waals surface area contributed by atoms with Crippen LogP contribution in [0.25, 0.3) is 11.5 Å². The van der Waals surface area contributed by atoms with Gasteiger partial charge in [-0.3, -0.25) is 9.89 Å². The topological polar surface area (TPSA) is 110 Å². The van der Waals surface area contributed by atoms with E-state index < -0.39 is 5.97 Å². The summed E-state index contributed by atoms with van der Waals surface area (Å²) >= 11 is 0. The third-order valence-corrected chi connectivity index (χ3v) is 3.10. The number of carboxylic acid groups (broad SMARTS) is 1. The van der Waals surface area contributed by atoms with E-state index in [1.54, 1.807) is 16.9 Å². The Balaban J connectivity index is 1.95. The Labute approximate surface area is 102 Å². The van der Waals surface area contributed by atoms with Gasteiger partial charge in [-0.05, 0) is 35.3 Å². The summed E-state index contributed by atoms with van der Waals surface area (Å²) in [5.41, 5.74) is 0.691. The van der Waals surface area contributed by atoms with Crippen LogP contribution in [0.2, 0.25) is 0 Å². The molecule has 0 radical (unpaired) electrons. The molecule has 0 aliphatic heterocycles. The summed E-state index contributed by atoms with van der Waals surface area (Å²) in [6.45, 7) is 0. The van der Waals surface area contributed by atoms with Crippen LogP contribution >= 0.6 is 0 Å². The second kappa shape index (κ2) is 4.21. The average Bonchev–Trinajstić information content (AvgIpc) is 2.86. The number of H-pyrrole nitrogens is 1. The highest BCUT2D eigenvalue weighted by molar-refractivity contribution is 5.67. The van der Waals surface area contributed by atoms with Crippen LogP contribution in [0.3, 0.4) is 0 Å². The standard InChI is InChI=1S/C10H12N6O2/c17-9(18)5-8(6-1-2-6)16-10(13-14-15-16)7-3-4-11-12-7/h3-4,6,8H,1-2,5H2,(H,11,12)(H,17,18). The molecule has 8 heteroatoms. The highest BCUT2D eigenvalue weighted by Gasteiger charge is 2.36. The minimum absolute atomic E-state index is 0.0385. The van der Waals surface area contributed by atoms with Gasteiger partial charge in [-0.1, -0.05) is 0 Å². The summed E-state index contributed by atoms with van der Waals surface area (Å²) in [7, 11) is 0. The Hall–Kier alpha value is -2.25. The zero-order valence-corrected chi connectivity index (χ0v) is 9.52. The molecule has 0 bridgehead atoms. The predicted molar refractivity (Wildman–Crippen MR) is 59.4 cm³/mol. The van der Waals surface area contributed by atoms with Crippen LogP contribution in [0.5, 0.6) is 0 Å². The van der Waals surface area contributed by atoms with Gasteiger partial charge < -0.3 is 5.11 Å². The Kier molecular flexibility index (Phi) is 2.54. The Morgan fingerprint density at radius 2 is 2.44 bits per heavy atom. The normalized spacial score (nSPS) is 16.7. The van der Waals surface area contributed by atoms with Gasteiger partial charge in [-0.25, -0.2) is 4.68 Å². The van der Waals surface area contributed by atoms with Crippen molar-refractivity contribution in [3.8, 4) is 11.5 Å². The number of aliphatic carboxylic acids is 1. The van der Waals surface area contributed by atoms with Crippen molar-refractivity contribution in [2.24, 2.45) is 5.92 Å². The first-order valence-electron chi connectivity index (χ1n) is 5.75. The van der Waals surface area contributed by atoms with E-state index >= 15 is 0 Å². The first-order chi connectivity index (χ1) is 8.75. The molecule has 2 heterocycles. The smallest absolute Gasteiger partial charge is 0.305 e. The van der Waals surface area contributed by atoms with Crippen molar-refractivity contribution in [3.63, 3.8) is 0 Å². The molecule has 3 rings (SSSR count). The van der Waals surface area contributed by atoms with Gasteiger partial charge in [0.1, 0.15) is 5.69 Å². The van der Waals surface area contributed by atoms with Gasteiger partial charge in [0.25, 0.3) is 0 Å². The molecule has 2 aromatic heterocycles. The quantitative estimate of drug-likeness (QED) is 0.796. The number of hydrogen-bond donors (Lipinski definition) is 2. The molecule has 1 aliphatic carbocycles. The lowest BCUT2D eigenvalue weighted by molar-refractivity contribution is -0.138.